The first-order valence-corrected chi connectivity index (χ1v) is 10.0. The second-order valence-corrected chi connectivity index (χ2v) is 9.19. The van der Waals surface area contributed by atoms with E-state index in [1.54, 1.807) is 4.46 Å². The Morgan fingerprint density at radius 2 is 1.81 bits per heavy atom. The number of benzene rings is 2. The summed E-state index contributed by atoms with van der Waals surface area (Å²) in [7, 11) is 0. The van der Waals surface area contributed by atoms with Gasteiger partial charge in [-0.25, -0.2) is 0 Å². The molecule has 1 aliphatic carbocycles. The van der Waals surface area contributed by atoms with E-state index in [0.29, 0.717) is 21.1 Å². The molecule has 2 aliphatic rings. The van der Waals surface area contributed by atoms with Gasteiger partial charge in [-0.05, 0) is 0 Å². The third-order valence-electron chi connectivity index (χ3n) is 4.94. The molecule has 0 N–H and O–H groups in total. The summed E-state index contributed by atoms with van der Waals surface area (Å²) in [5.41, 5.74) is 0. The minimum absolute atomic E-state index is 0.531. The van der Waals surface area contributed by atoms with Crippen LogP contribution in [0.15, 0.2) is 42.5 Å². The fourth-order valence-corrected chi connectivity index (χ4v) is 6.63. The van der Waals surface area contributed by atoms with Gasteiger partial charge in [-0.1, -0.05) is 0 Å². The maximum absolute atomic E-state index is 6.19. The number of hydrogen-bond donors (Lipinski definition) is 0. The van der Waals surface area contributed by atoms with Gasteiger partial charge in [0.2, 0.25) is 0 Å². The third kappa shape index (κ3) is 2.90. The standard InChI is InChI=1S/C19H22OSe/c1-3-9-17-14(6-1)8-5-11-19(17)21-16-12-15-7-2-4-10-18(15)20-13-16/h1,3,5-6,8-9,11,15-16,18H,2,4,7,10,12-13H2/t15-,16-,18+/m0/s1. The zero-order chi connectivity index (χ0) is 14.1. The Hall–Kier alpha value is -0.821. The Kier molecular flexibility index (Phi) is 4.03. The van der Waals surface area contributed by atoms with Crippen molar-refractivity contribution >= 4 is 30.2 Å². The first kappa shape index (κ1) is 13.8. The molecule has 0 bridgehead atoms. The monoisotopic (exact) mass is 346 g/mol. The summed E-state index contributed by atoms with van der Waals surface area (Å²) in [6.45, 7) is 0.990. The second kappa shape index (κ2) is 6.12. The van der Waals surface area contributed by atoms with Crippen molar-refractivity contribution in [3.8, 4) is 0 Å². The van der Waals surface area contributed by atoms with Crippen LogP contribution in [0.2, 0.25) is 4.82 Å². The van der Waals surface area contributed by atoms with Gasteiger partial charge in [0, 0.05) is 0 Å². The van der Waals surface area contributed by atoms with E-state index in [9.17, 15) is 0 Å². The molecule has 1 nitrogen and oxygen atoms in total. The first-order chi connectivity index (χ1) is 10.4. The van der Waals surface area contributed by atoms with Crippen LogP contribution in [0.25, 0.3) is 10.8 Å². The van der Waals surface area contributed by atoms with Gasteiger partial charge >= 0.3 is 133 Å². The summed E-state index contributed by atoms with van der Waals surface area (Å²) in [6, 6.07) is 15.6. The Bertz CT molecular complexity index is 618. The maximum atomic E-state index is 6.19. The molecule has 1 saturated carbocycles. The topological polar surface area (TPSA) is 9.23 Å². The summed E-state index contributed by atoms with van der Waals surface area (Å²) < 4.78 is 7.75. The minimum atomic E-state index is 0.531. The molecule has 110 valence electrons. The van der Waals surface area contributed by atoms with Crippen LogP contribution in [0.4, 0.5) is 0 Å². The van der Waals surface area contributed by atoms with Crippen molar-refractivity contribution in [3.63, 3.8) is 0 Å². The molecule has 0 spiro atoms. The molecule has 21 heavy (non-hydrogen) atoms. The van der Waals surface area contributed by atoms with Crippen molar-refractivity contribution in [3.05, 3.63) is 42.5 Å². The van der Waals surface area contributed by atoms with E-state index in [4.69, 9.17) is 4.74 Å². The second-order valence-electron chi connectivity index (χ2n) is 6.37. The van der Waals surface area contributed by atoms with E-state index >= 15 is 0 Å². The quantitative estimate of drug-likeness (QED) is 0.749. The zero-order valence-corrected chi connectivity index (χ0v) is 14.0. The predicted octanol–water partition coefficient (Wildman–Crippen LogP) is 3.94. The summed E-state index contributed by atoms with van der Waals surface area (Å²) in [6.07, 6.45) is 7.47. The molecule has 1 heterocycles. The third-order valence-corrected chi connectivity index (χ3v) is 7.61. The summed E-state index contributed by atoms with van der Waals surface area (Å²) >= 11 is 0.531. The van der Waals surface area contributed by atoms with Crippen molar-refractivity contribution in [1.82, 2.24) is 0 Å². The zero-order valence-electron chi connectivity index (χ0n) is 12.3. The van der Waals surface area contributed by atoms with Crippen LogP contribution in [0.1, 0.15) is 32.1 Å². The van der Waals surface area contributed by atoms with Crippen molar-refractivity contribution in [2.24, 2.45) is 5.92 Å². The van der Waals surface area contributed by atoms with Gasteiger partial charge in [0.25, 0.3) is 0 Å². The van der Waals surface area contributed by atoms with Gasteiger partial charge in [0.1, 0.15) is 0 Å². The summed E-state index contributed by atoms with van der Waals surface area (Å²) in [4.78, 5) is 0.766. The van der Waals surface area contributed by atoms with Crippen LogP contribution in [-0.4, -0.2) is 27.7 Å². The average molecular weight is 345 g/mol. The normalized spacial score (nSPS) is 29.2. The van der Waals surface area contributed by atoms with Crippen LogP contribution in [-0.2, 0) is 4.74 Å². The van der Waals surface area contributed by atoms with Crippen LogP contribution < -0.4 is 4.46 Å². The molecule has 1 aliphatic heterocycles. The molecule has 0 amide bonds. The van der Waals surface area contributed by atoms with Gasteiger partial charge in [-0.15, -0.1) is 0 Å². The molecular formula is C19H22OSe. The van der Waals surface area contributed by atoms with E-state index in [1.165, 1.54) is 42.9 Å². The molecule has 0 unspecified atom stereocenters. The number of ether oxygens (including phenoxy) is 1. The fraction of sp³-hybridized carbons (Fsp3) is 0.474. The Morgan fingerprint density at radius 3 is 2.81 bits per heavy atom. The SMILES string of the molecule is c1ccc2c([Se][C@@H]3CO[C@@H]4CCCC[C@H]4C3)cccc2c1. The molecule has 4 rings (SSSR count). The van der Waals surface area contributed by atoms with Crippen molar-refractivity contribution < 1.29 is 4.74 Å². The van der Waals surface area contributed by atoms with Crippen LogP contribution in [0, 0.1) is 5.92 Å². The van der Waals surface area contributed by atoms with Crippen LogP contribution in [0.5, 0.6) is 0 Å². The Balaban J connectivity index is 1.52. The van der Waals surface area contributed by atoms with Crippen LogP contribution >= 0.6 is 0 Å². The number of hydrogen-bond acceptors (Lipinski definition) is 1. The Labute approximate surface area is 133 Å². The molecular weight excluding hydrogens is 323 g/mol. The van der Waals surface area contributed by atoms with E-state index in [-0.39, 0.29) is 0 Å². The molecule has 2 aromatic rings. The van der Waals surface area contributed by atoms with Gasteiger partial charge in [-0.2, -0.15) is 0 Å². The van der Waals surface area contributed by atoms with Crippen LogP contribution in [0.3, 0.4) is 0 Å². The van der Waals surface area contributed by atoms with Gasteiger partial charge in [0.05, 0.1) is 0 Å². The average Bonchev–Trinajstić information content (AvgIpc) is 2.55. The molecule has 1 saturated heterocycles. The molecule has 2 aromatic carbocycles. The van der Waals surface area contributed by atoms with Crippen molar-refractivity contribution in [2.75, 3.05) is 6.61 Å². The molecule has 2 fully saturated rings. The predicted molar refractivity (Wildman–Crippen MR) is 89.4 cm³/mol. The van der Waals surface area contributed by atoms with Crippen molar-refractivity contribution in [2.45, 2.75) is 43.0 Å². The van der Waals surface area contributed by atoms with E-state index < -0.39 is 0 Å². The molecule has 3 atom stereocenters. The summed E-state index contributed by atoms with van der Waals surface area (Å²) in [5, 5.41) is 2.83. The number of rotatable bonds is 2. The van der Waals surface area contributed by atoms with Gasteiger partial charge < -0.3 is 0 Å². The molecule has 0 aromatic heterocycles. The Morgan fingerprint density at radius 1 is 0.952 bits per heavy atom. The van der Waals surface area contributed by atoms with E-state index in [1.807, 2.05) is 0 Å². The fourth-order valence-electron chi connectivity index (χ4n) is 3.86. The van der Waals surface area contributed by atoms with Gasteiger partial charge in [-0.3, -0.25) is 0 Å². The first-order valence-electron chi connectivity index (χ1n) is 8.16. The van der Waals surface area contributed by atoms with E-state index in [0.717, 1.165) is 17.3 Å². The van der Waals surface area contributed by atoms with Gasteiger partial charge in [0.15, 0.2) is 0 Å². The summed E-state index contributed by atoms with van der Waals surface area (Å²) in [5.74, 6) is 0.842. The van der Waals surface area contributed by atoms with E-state index in [2.05, 4.69) is 42.5 Å². The van der Waals surface area contributed by atoms with Crippen molar-refractivity contribution in [1.29, 1.82) is 0 Å². The number of fused-ring (bicyclic) bond motifs is 2. The molecule has 0 radical (unpaired) electrons. The molecule has 2 heteroatoms.